The first-order valence-electron chi connectivity index (χ1n) is 8.55. The van der Waals surface area contributed by atoms with E-state index in [-0.39, 0.29) is 6.03 Å². The van der Waals surface area contributed by atoms with Crippen LogP contribution in [0, 0.1) is 0 Å². The SMILES string of the molecule is O=C(NCc1ccccc1-n1ccnc1)N1CCN(c2nccs2)CC1. The molecule has 1 fully saturated rings. The second kappa shape index (κ2) is 7.57. The van der Waals surface area contributed by atoms with Crippen LogP contribution < -0.4 is 10.2 Å². The lowest BCUT2D eigenvalue weighted by atomic mass is 10.1. The number of imidazole rings is 1. The number of nitrogens with one attached hydrogen (secondary N) is 1. The van der Waals surface area contributed by atoms with Crippen LogP contribution in [0.3, 0.4) is 0 Å². The van der Waals surface area contributed by atoms with E-state index in [4.69, 9.17) is 0 Å². The molecule has 4 rings (SSSR count). The predicted octanol–water partition coefficient (Wildman–Crippen LogP) is 2.36. The Hall–Kier alpha value is -2.87. The Kier molecular flexibility index (Phi) is 4.83. The number of nitrogens with zero attached hydrogens (tertiary/aromatic N) is 5. The zero-order chi connectivity index (χ0) is 17.8. The van der Waals surface area contributed by atoms with Gasteiger partial charge in [0.2, 0.25) is 0 Å². The van der Waals surface area contributed by atoms with E-state index in [2.05, 4.69) is 20.2 Å². The number of anilines is 1. The summed E-state index contributed by atoms with van der Waals surface area (Å²) in [6.45, 7) is 3.52. The number of piperazine rings is 1. The third-order valence-electron chi connectivity index (χ3n) is 4.46. The number of carbonyl (C=O) groups excluding carboxylic acids is 1. The maximum Gasteiger partial charge on any atom is 0.317 e. The van der Waals surface area contributed by atoms with Crippen molar-refractivity contribution in [2.45, 2.75) is 6.54 Å². The lowest BCUT2D eigenvalue weighted by Gasteiger charge is -2.34. The molecular weight excluding hydrogens is 348 g/mol. The van der Waals surface area contributed by atoms with Gasteiger partial charge in [0.05, 0.1) is 12.0 Å². The Morgan fingerprint density at radius 3 is 2.73 bits per heavy atom. The highest BCUT2D eigenvalue weighted by Crippen LogP contribution is 2.19. The van der Waals surface area contributed by atoms with E-state index >= 15 is 0 Å². The molecule has 0 radical (unpaired) electrons. The molecule has 0 bridgehead atoms. The lowest BCUT2D eigenvalue weighted by molar-refractivity contribution is 0.194. The van der Waals surface area contributed by atoms with Gasteiger partial charge >= 0.3 is 6.03 Å². The number of rotatable bonds is 4. The molecule has 1 N–H and O–H groups in total. The van der Waals surface area contributed by atoms with Gasteiger partial charge in [0, 0.05) is 56.7 Å². The number of hydrogen-bond acceptors (Lipinski definition) is 5. The highest BCUT2D eigenvalue weighted by molar-refractivity contribution is 7.13. The van der Waals surface area contributed by atoms with Gasteiger partial charge in [0.1, 0.15) is 0 Å². The van der Waals surface area contributed by atoms with Crippen molar-refractivity contribution in [1.82, 2.24) is 24.8 Å². The van der Waals surface area contributed by atoms with Crippen molar-refractivity contribution >= 4 is 22.5 Å². The Labute approximate surface area is 155 Å². The van der Waals surface area contributed by atoms with Gasteiger partial charge in [-0.05, 0) is 11.6 Å². The van der Waals surface area contributed by atoms with Crippen LogP contribution >= 0.6 is 11.3 Å². The normalized spacial score (nSPS) is 14.5. The second-order valence-electron chi connectivity index (χ2n) is 6.05. The minimum atomic E-state index is -0.0239. The number of thiazole rings is 1. The minimum absolute atomic E-state index is 0.0239. The average Bonchev–Trinajstić information content (AvgIpc) is 3.40. The molecule has 2 aromatic heterocycles. The van der Waals surface area contributed by atoms with Gasteiger partial charge < -0.3 is 19.7 Å². The van der Waals surface area contributed by atoms with Gasteiger partial charge in [0.25, 0.3) is 0 Å². The van der Waals surface area contributed by atoms with Crippen molar-refractivity contribution < 1.29 is 4.79 Å². The van der Waals surface area contributed by atoms with Crippen LogP contribution in [-0.4, -0.2) is 51.6 Å². The highest BCUT2D eigenvalue weighted by atomic mass is 32.1. The molecule has 3 aromatic rings. The molecule has 0 atom stereocenters. The van der Waals surface area contributed by atoms with Crippen molar-refractivity contribution in [1.29, 1.82) is 0 Å². The van der Waals surface area contributed by atoms with E-state index < -0.39 is 0 Å². The number of hydrogen-bond donors (Lipinski definition) is 1. The van der Waals surface area contributed by atoms with Gasteiger partial charge in [0.15, 0.2) is 5.13 Å². The number of para-hydroxylation sites is 1. The molecule has 3 heterocycles. The van der Waals surface area contributed by atoms with E-state index in [1.54, 1.807) is 23.9 Å². The van der Waals surface area contributed by atoms with Crippen LogP contribution in [0.25, 0.3) is 5.69 Å². The molecule has 0 unspecified atom stereocenters. The van der Waals surface area contributed by atoms with Gasteiger partial charge in [-0.2, -0.15) is 0 Å². The quantitative estimate of drug-likeness (QED) is 0.768. The molecule has 1 aliphatic rings. The fourth-order valence-electron chi connectivity index (χ4n) is 3.07. The minimum Gasteiger partial charge on any atom is -0.345 e. The number of aromatic nitrogens is 3. The summed E-state index contributed by atoms with van der Waals surface area (Å²) in [5, 5.41) is 6.05. The predicted molar refractivity (Wildman–Crippen MR) is 102 cm³/mol. The summed E-state index contributed by atoms with van der Waals surface area (Å²) >= 11 is 1.64. The first kappa shape index (κ1) is 16.6. The van der Waals surface area contributed by atoms with Crippen molar-refractivity contribution in [2.75, 3.05) is 31.1 Å². The van der Waals surface area contributed by atoms with Gasteiger partial charge in [-0.25, -0.2) is 14.8 Å². The summed E-state index contributed by atoms with van der Waals surface area (Å²) in [4.78, 5) is 25.0. The summed E-state index contributed by atoms with van der Waals surface area (Å²) in [6.07, 6.45) is 7.23. The summed E-state index contributed by atoms with van der Waals surface area (Å²) < 4.78 is 1.95. The molecule has 8 heteroatoms. The van der Waals surface area contributed by atoms with Crippen LogP contribution in [0.15, 0.2) is 54.6 Å². The number of benzene rings is 1. The molecule has 1 aliphatic heterocycles. The Balaban J connectivity index is 1.34. The van der Waals surface area contributed by atoms with E-state index in [0.717, 1.165) is 29.5 Å². The summed E-state index contributed by atoms with van der Waals surface area (Å²) in [6, 6.07) is 7.99. The Morgan fingerprint density at radius 1 is 1.15 bits per heavy atom. The van der Waals surface area contributed by atoms with Crippen molar-refractivity contribution in [3.8, 4) is 5.69 Å². The van der Waals surface area contributed by atoms with Gasteiger partial charge in [-0.1, -0.05) is 18.2 Å². The molecular formula is C18H20N6OS. The van der Waals surface area contributed by atoms with Gasteiger partial charge in [-0.3, -0.25) is 0 Å². The largest absolute Gasteiger partial charge is 0.345 e. The smallest absolute Gasteiger partial charge is 0.317 e. The first-order valence-corrected chi connectivity index (χ1v) is 9.43. The number of carbonyl (C=O) groups is 1. The standard InChI is InChI=1S/C18H20N6OS/c25-17(22-8-10-23(11-9-22)18-20-6-12-26-18)21-13-15-3-1-2-4-16(15)24-7-5-19-14-24/h1-7,12,14H,8-11,13H2,(H,21,25). The van der Waals surface area contributed by atoms with Crippen LogP contribution in [0.5, 0.6) is 0 Å². The number of amides is 2. The van der Waals surface area contributed by atoms with Crippen molar-refractivity contribution in [3.63, 3.8) is 0 Å². The molecule has 2 amide bonds. The third kappa shape index (κ3) is 3.55. The Bertz CT molecular complexity index is 840. The van der Waals surface area contributed by atoms with Crippen LogP contribution in [0.2, 0.25) is 0 Å². The fraction of sp³-hybridized carbons (Fsp3) is 0.278. The van der Waals surface area contributed by atoms with Crippen molar-refractivity contribution in [2.24, 2.45) is 0 Å². The Morgan fingerprint density at radius 2 is 2.00 bits per heavy atom. The molecule has 26 heavy (non-hydrogen) atoms. The first-order chi connectivity index (χ1) is 12.8. The van der Waals surface area contributed by atoms with E-state index in [9.17, 15) is 4.79 Å². The zero-order valence-electron chi connectivity index (χ0n) is 14.3. The maximum atomic E-state index is 12.5. The molecule has 0 saturated carbocycles. The lowest BCUT2D eigenvalue weighted by Crippen LogP contribution is -2.51. The van der Waals surface area contributed by atoms with E-state index in [0.29, 0.717) is 19.6 Å². The summed E-state index contributed by atoms with van der Waals surface area (Å²) in [7, 11) is 0. The zero-order valence-corrected chi connectivity index (χ0v) is 15.1. The van der Waals surface area contributed by atoms with Crippen LogP contribution in [0.1, 0.15) is 5.56 Å². The molecule has 134 valence electrons. The number of urea groups is 1. The topological polar surface area (TPSA) is 66.3 Å². The molecule has 0 aliphatic carbocycles. The monoisotopic (exact) mass is 368 g/mol. The van der Waals surface area contributed by atoms with Gasteiger partial charge in [-0.15, -0.1) is 11.3 Å². The highest BCUT2D eigenvalue weighted by Gasteiger charge is 2.22. The maximum absolute atomic E-state index is 12.5. The fourth-order valence-corrected chi connectivity index (χ4v) is 3.77. The summed E-state index contributed by atoms with van der Waals surface area (Å²) in [5.41, 5.74) is 2.08. The van der Waals surface area contributed by atoms with E-state index in [1.165, 1.54) is 0 Å². The molecule has 1 saturated heterocycles. The molecule has 0 spiro atoms. The van der Waals surface area contributed by atoms with Crippen LogP contribution in [-0.2, 0) is 6.54 Å². The summed E-state index contributed by atoms with van der Waals surface area (Å²) in [5.74, 6) is 0. The van der Waals surface area contributed by atoms with Crippen LogP contribution in [0.4, 0.5) is 9.93 Å². The van der Waals surface area contributed by atoms with Crippen molar-refractivity contribution in [3.05, 3.63) is 60.1 Å². The van der Waals surface area contributed by atoms with E-state index in [1.807, 2.05) is 51.5 Å². The molecule has 1 aromatic carbocycles. The second-order valence-corrected chi connectivity index (χ2v) is 6.92. The average molecular weight is 368 g/mol. The molecule has 7 nitrogen and oxygen atoms in total. The third-order valence-corrected chi connectivity index (χ3v) is 5.29.